The van der Waals surface area contributed by atoms with Crippen molar-refractivity contribution in [2.24, 2.45) is 0 Å². The Bertz CT molecular complexity index is 719. The topological polar surface area (TPSA) is 58.2 Å². The average Bonchev–Trinajstić information content (AvgIpc) is 2.48. The summed E-state index contributed by atoms with van der Waals surface area (Å²) in [4.78, 5) is 23.8. The molecule has 0 aliphatic heterocycles. The summed E-state index contributed by atoms with van der Waals surface area (Å²) >= 11 is 9.19. The van der Waals surface area contributed by atoms with Gasteiger partial charge in [-0.05, 0) is 42.8 Å². The first-order chi connectivity index (χ1) is 10.5. The highest BCUT2D eigenvalue weighted by molar-refractivity contribution is 9.10. The monoisotopic (exact) mass is 380 g/mol. The maximum Gasteiger partial charge on any atom is 0.251 e. The molecule has 0 unspecified atom stereocenters. The van der Waals surface area contributed by atoms with Crippen LogP contribution in [0.4, 0.5) is 5.69 Å². The number of rotatable bonds is 4. The van der Waals surface area contributed by atoms with Crippen molar-refractivity contribution in [2.75, 3.05) is 11.9 Å². The molecular weight excluding hydrogens is 368 g/mol. The molecule has 2 aromatic rings. The first kappa shape index (κ1) is 16.5. The van der Waals surface area contributed by atoms with Gasteiger partial charge in [0.05, 0.1) is 6.54 Å². The summed E-state index contributed by atoms with van der Waals surface area (Å²) in [6, 6.07) is 12.2. The lowest BCUT2D eigenvalue weighted by Gasteiger charge is -2.10. The molecule has 0 aromatic heterocycles. The van der Waals surface area contributed by atoms with Crippen LogP contribution in [0, 0.1) is 6.92 Å². The van der Waals surface area contributed by atoms with Crippen LogP contribution in [-0.4, -0.2) is 18.4 Å². The summed E-state index contributed by atoms with van der Waals surface area (Å²) in [5, 5.41) is 5.84. The molecule has 4 nitrogen and oxygen atoms in total. The smallest absolute Gasteiger partial charge is 0.251 e. The number of anilines is 1. The Balaban J connectivity index is 1.93. The molecule has 2 N–H and O–H groups in total. The van der Waals surface area contributed by atoms with Crippen LogP contribution < -0.4 is 10.6 Å². The normalized spacial score (nSPS) is 10.1. The highest BCUT2D eigenvalue weighted by Gasteiger charge is 2.09. The van der Waals surface area contributed by atoms with Crippen LogP contribution in [0.2, 0.25) is 5.02 Å². The van der Waals surface area contributed by atoms with Crippen molar-refractivity contribution in [2.45, 2.75) is 6.92 Å². The number of carbonyl (C=O) groups excluding carboxylic acids is 2. The minimum absolute atomic E-state index is 0.114. The summed E-state index contributed by atoms with van der Waals surface area (Å²) in [6.45, 7) is 1.75. The molecule has 22 heavy (non-hydrogen) atoms. The van der Waals surface area contributed by atoms with E-state index in [4.69, 9.17) is 11.6 Å². The van der Waals surface area contributed by atoms with Gasteiger partial charge in [0.1, 0.15) is 0 Å². The molecule has 0 atom stereocenters. The van der Waals surface area contributed by atoms with Gasteiger partial charge in [-0.3, -0.25) is 9.59 Å². The second-order valence-electron chi connectivity index (χ2n) is 4.70. The quantitative estimate of drug-likeness (QED) is 0.847. The lowest BCUT2D eigenvalue weighted by Crippen LogP contribution is -2.33. The number of hydrogen-bond acceptors (Lipinski definition) is 2. The standard InChI is InChI=1S/C16H14BrClN2O2/c1-10-5-6-13(18)8-14(10)20-15(21)9-19-16(22)11-3-2-4-12(17)7-11/h2-8H,9H2,1H3,(H,19,22)(H,20,21). The summed E-state index contributed by atoms with van der Waals surface area (Å²) in [5.41, 5.74) is 2.02. The van der Waals surface area contributed by atoms with E-state index in [1.165, 1.54) is 0 Å². The van der Waals surface area contributed by atoms with Gasteiger partial charge < -0.3 is 10.6 Å². The van der Waals surface area contributed by atoms with Crippen molar-refractivity contribution in [3.8, 4) is 0 Å². The third kappa shape index (κ3) is 4.58. The van der Waals surface area contributed by atoms with E-state index in [0.29, 0.717) is 16.3 Å². The van der Waals surface area contributed by atoms with Crippen molar-refractivity contribution in [3.05, 3.63) is 63.1 Å². The number of amides is 2. The lowest BCUT2D eigenvalue weighted by atomic mass is 10.2. The summed E-state index contributed by atoms with van der Waals surface area (Å²) < 4.78 is 0.805. The van der Waals surface area contributed by atoms with Gasteiger partial charge >= 0.3 is 0 Å². The summed E-state index contributed by atoms with van der Waals surface area (Å²) in [6.07, 6.45) is 0. The Labute approximate surface area is 142 Å². The van der Waals surface area contributed by atoms with Crippen LogP contribution >= 0.6 is 27.5 Å². The highest BCUT2D eigenvalue weighted by Crippen LogP contribution is 2.19. The first-order valence-corrected chi connectivity index (χ1v) is 7.72. The Morgan fingerprint density at radius 2 is 1.95 bits per heavy atom. The molecular formula is C16H14BrClN2O2. The molecule has 0 radical (unpaired) electrons. The molecule has 0 saturated heterocycles. The van der Waals surface area contributed by atoms with Gasteiger partial charge in [-0.25, -0.2) is 0 Å². The molecule has 0 aliphatic carbocycles. The second kappa shape index (κ2) is 7.42. The van der Waals surface area contributed by atoms with Crippen LogP contribution in [-0.2, 0) is 4.79 Å². The van der Waals surface area contributed by atoms with Crippen LogP contribution in [0.1, 0.15) is 15.9 Å². The Morgan fingerprint density at radius 1 is 1.18 bits per heavy atom. The van der Waals surface area contributed by atoms with E-state index in [2.05, 4.69) is 26.6 Å². The molecule has 2 aromatic carbocycles. The SMILES string of the molecule is Cc1ccc(Cl)cc1NC(=O)CNC(=O)c1cccc(Br)c1. The highest BCUT2D eigenvalue weighted by atomic mass is 79.9. The maximum absolute atomic E-state index is 11.9. The minimum atomic E-state index is -0.311. The number of benzene rings is 2. The Hall–Kier alpha value is -1.85. The van der Waals surface area contributed by atoms with E-state index >= 15 is 0 Å². The Morgan fingerprint density at radius 3 is 2.68 bits per heavy atom. The predicted molar refractivity (Wildman–Crippen MR) is 91.3 cm³/mol. The fourth-order valence-corrected chi connectivity index (χ4v) is 2.39. The molecule has 6 heteroatoms. The van der Waals surface area contributed by atoms with Gasteiger partial charge in [0.25, 0.3) is 5.91 Å². The minimum Gasteiger partial charge on any atom is -0.343 e. The molecule has 0 saturated carbocycles. The third-order valence-corrected chi connectivity index (χ3v) is 3.70. The fourth-order valence-electron chi connectivity index (χ4n) is 1.82. The zero-order chi connectivity index (χ0) is 16.1. The first-order valence-electron chi connectivity index (χ1n) is 6.55. The van der Waals surface area contributed by atoms with E-state index in [0.717, 1.165) is 10.0 Å². The van der Waals surface area contributed by atoms with E-state index in [9.17, 15) is 9.59 Å². The second-order valence-corrected chi connectivity index (χ2v) is 6.05. The van der Waals surface area contributed by atoms with E-state index in [-0.39, 0.29) is 18.4 Å². The lowest BCUT2D eigenvalue weighted by molar-refractivity contribution is -0.115. The van der Waals surface area contributed by atoms with Crippen molar-refractivity contribution in [1.82, 2.24) is 5.32 Å². The zero-order valence-corrected chi connectivity index (χ0v) is 14.2. The number of aryl methyl sites for hydroxylation is 1. The predicted octanol–water partition coefficient (Wildman–Crippen LogP) is 3.78. The summed E-state index contributed by atoms with van der Waals surface area (Å²) in [7, 11) is 0. The summed E-state index contributed by atoms with van der Waals surface area (Å²) in [5.74, 6) is -0.618. The van der Waals surface area contributed by atoms with Crippen LogP contribution in [0.25, 0.3) is 0 Å². The molecule has 0 heterocycles. The molecule has 0 fully saturated rings. The number of halogens is 2. The Kier molecular flexibility index (Phi) is 5.57. The van der Waals surface area contributed by atoms with E-state index < -0.39 is 0 Å². The van der Waals surface area contributed by atoms with Gasteiger partial charge in [0.15, 0.2) is 0 Å². The molecule has 0 spiro atoms. The molecule has 0 aliphatic rings. The average molecular weight is 382 g/mol. The van der Waals surface area contributed by atoms with Gasteiger partial charge in [-0.15, -0.1) is 0 Å². The molecule has 0 bridgehead atoms. The van der Waals surface area contributed by atoms with Crippen molar-refractivity contribution in [1.29, 1.82) is 0 Å². The number of hydrogen-bond donors (Lipinski definition) is 2. The molecule has 2 rings (SSSR count). The van der Waals surface area contributed by atoms with Crippen molar-refractivity contribution in [3.63, 3.8) is 0 Å². The zero-order valence-electron chi connectivity index (χ0n) is 11.8. The molecule has 2 amide bonds. The van der Waals surface area contributed by atoms with Crippen molar-refractivity contribution < 1.29 is 9.59 Å². The molecule has 114 valence electrons. The van der Waals surface area contributed by atoms with Gasteiger partial charge in [0.2, 0.25) is 5.91 Å². The van der Waals surface area contributed by atoms with Crippen LogP contribution in [0.15, 0.2) is 46.9 Å². The van der Waals surface area contributed by atoms with Gasteiger partial charge in [-0.2, -0.15) is 0 Å². The third-order valence-electron chi connectivity index (χ3n) is 2.97. The van der Waals surface area contributed by atoms with Crippen LogP contribution in [0.5, 0.6) is 0 Å². The van der Waals surface area contributed by atoms with E-state index in [1.807, 2.05) is 19.1 Å². The van der Waals surface area contributed by atoms with Crippen molar-refractivity contribution >= 4 is 45.0 Å². The fraction of sp³-hybridized carbons (Fsp3) is 0.125. The number of carbonyl (C=O) groups is 2. The largest absolute Gasteiger partial charge is 0.343 e. The van der Waals surface area contributed by atoms with Gasteiger partial charge in [-0.1, -0.05) is 39.7 Å². The number of nitrogens with one attached hydrogen (secondary N) is 2. The maximum atomic E-state index is 11.9. The van der Waals surface area contributed by atoms with E-state index in [1.54, 1.807) is 30.3 Å². The van der Waals surface area contributed by atoms with Crippen LogP contribution in [0.3, 0.4) is 0 Å². The van der Waals surface area contributed by atoms with Gasteiger partial charge in [0, 0.05) is 20.7 Å².